The molecular weight excluding hydrogens is 232 g/mol. The van der Waals surface area contributed by atoms with Gasteiger partial charge in [0.15, 0.2) is 0 Å². The summed E-state index contributed by atoms with van der Waals surface area (Å²) in [5, 5.41) is 0. The van der Waals surface area contributed by atoms with Gasteiger partial charge in [0.2, 0.25) is 0 Å². The molecule has 0 spiro atoms. The number of nitrogens with two attached hydrogens (primary N) is 1. The predicted octanol–water partition coefficient (Wildman–Crippen LogP) is 3.51. The number of hydrogen-bond donors (Lipinski definition) is 1. The average Bonchev–Trinajstić information content (AvgIpc) is 2.86. The van der Waals surface area contributed by atoms with E-state index >= 15 is 0 Å². The summed E-state index contributed by atoms with van der Waals surface area (Å²) in [6.45, 7) is 12.1. The molecule has 3 unspecified atom stereocenters. The Bertz CT molecular complexity index is 257. The maximum absolute atomic E-state index is 5.77. The van der Waals surface area contributed by atoms with E-state index in [-0.39, 0.29) is 0 Å². The molecule has 3 atom stereocenters. The molecule has 0 radical (unpaired) electrons. The van der Waals surface area contributed by atoms with Crippen LogP contribution in [0.5, 0.6) is 0 Å². The summed E-state index contributed by atoms with van der Waals surface area (Å²) < 4.78 is 0. The largest absolute Gasteiger partial charge is 0.330 e. The van der Waals surface area contributed by atoms with Crippen molar-refractivity contribution in [1.29, 1.82) is 0 Å². The summed E-state index contributed by atoms with van der Waals surface area (Å²) >= 11 is 0. The van der Waals surface area contributed by atoms with Crippen LogP contribution in [0.1, 0.15) is 59.3 Å². The molecule has 2 fully saturated rings. The third kappa shape index (κ3) is 4.19. The van der Waals surface area contributed by atoms with Gasteiger partial charge in [-0.05, 0) is 68.4 Å². The second kappa shape index (κ2) is 6.58. The zero-order chi connectivity index (χ0) is 13.9. The van der Waals surface area contributed by atoms with E-state index in [2.05, 4.69) is 25.7 Å². The van der Waals surface area contributed by atoms with Crippen LogP contribution in [-0.4, -0.2) is 31.1 Å². The summed E-state index contributed by atoms with van der Waals surface area (Å²) in [7, 11) is 0. The maximum Gasteiger partial charge on any atom is 0.00129 e. The molecule has 1 heterocycles. The fourth-order valence-corrected chi connectivity index (χ4v) is 4.29. The van der Waals surface area contributed by atoms with Gasteiger partial charge in [0.05, 0.1) is 0 Å². The van der Waals surface area contributed by atoms with Gasteiger partial charge in [-0.25, -0.2) is 0 Å². The van der Waals surface area contributed by atoms with Crippen LogP contribution in [0.25, 0.3) is 0 Å². The van der Waals surface area contributed by atoms with Crippen LogP contribution in [0.15, 0.2) is 0 Å². The van der Waals surface area contributed by atoms with Gasteiger partial charge in [-0.2, -0.15) is 0 Å². The molecule has 2 rings (SSSR count). The van der Waals surface area contributed by atoms with Gasteiger partial charge in [-0.3, -0.25) is 0 Å². The van der Waals surface area contributed by atoms with E-state index in [1.54, 1.807) is 0 Å². The lowest BCUT2D eigenvalue weighted by Gasteiger charge is -2.31. The Hall–Kier alpha value is -0.0800. The van der Waals surface area contributed by atoms with Crippen LogP contribution < -0.4 is 5.73 Å². The molecule has 2 N–H and O–H groups in total. The number of hydrogen-bond acceptors (Lipinski definition) is 2. The van der Waals surface area contributed by atoms with E-state index < -0.39 is 0 Å². The molecule has 1 aliphatic heterocycles. The molecule has 19 heavy (non-hydrogen) atoms. The summed E-state index contributed by atoms with van der Waals surface area (Å²) in [5.74, 6) is 2.88. The summed E-state index contributed by atoms with van der Waals surface area (Å²) in [6.07, 6.45) is 8.40. The van der Waals surface area contributed by atoms with E-state index in [9.17, 15) is 0 Å². The predicted molar refractivity (Wildman–Crippen MR) is 83.1 cm³/mol. The lowest BCUT2D eigenvalue weighted by molar-refractivity contribution is 0.198. The van der Waals surface area contributed by atoms with Crippen molar-refractivity contribution in [3.05, 3.63) is 0 Å². The van der Waals surface area contributed by atoms with Crippen LogP contribution in [-0.2, 0) is 0 Å². The number of fused-ring (bicyclic) bond motifs is 1. The third-order valence-corrected chi connectivity index (χ3v) is 5.57. The SMILES string of the molecule is CC(C)(C)C(CCN)CCCN1CC2CCCC2C1. The van der Waals surface area contributed by atoms with Crippen molar-refractivity contribution in [2.24, 2.45) is 28.9 Å². The van der Waals surface area contributed by atoms with E-state index in [0.29, 0.717) is 5.41 Å². The van der Waals surface area contributed by atoms with Gasteiger partial charge in [-0.1, -0.05) is 27.2 Å². The lowest BCUT2D eigenvalue weighted by Crippen LogP contribution is -2.27. The Kier molecular flexibility index (Phi) is 5.30. The van der Waals surface area contributed by atoms with Crippen molar-refractivity contribution in [2.45, 2.75) is 59.3 Å². The van der Waals surface area contributed by atoms with Crippen molar-refractivity contribution in [2.75, 3.05) is 26.2 Å². The smallest absolute Gasteiger partial charge is 0.00129 e. The first kappa shape index (κ1) is 15.3. The average molecular weight is 266 g/mol. The molecule has 0 aromatic carbocycles. The highest BCUT2D eigenvalue weighted by Crippen LogP contribution is 2.38. The molecule has 0 aromatic rings. The molecule has 0 bridgehead atoms. The quantitative estimate of drug-likeness (QED) is 0.797. The first-order valence-electron chi connectivity index (χ1n) is 8.43. The Balaban J connectivity index is 1.68. The fourth-order valence-electron chi connectivity index (χ4n) is 4.29. The van der Waals surface area contributed by atoms with E-state index in [1.807, 2.05) is 0 Å². The van der Waals surface area contributed by atoms with Crippen molar-refractivity contribution in [3.8, 4) is 0 Å². The zero-order valence-corrected chi connectivity index (χ0v) is 13.3. The van der Waals surface area contributed by atoms with E-state index in [1.165, 1.54) is 58.2 Å². The van der Waals surface area contributed by atoms with Crippen LogP contribution in [0, 0.1) is 23.2 Å². The van der Waals surface area contributed by atoms with Gasteiger partial charge in [0.1, 0.15) is 0 Å². The first-order chi connectivity index (χ1) is 9.00. The zero-order valence-electron chi connectivity index (χ0n) is 13.3. The lowest BCUT2D eigenvalue weighted by atomic mass is 9.76. The van der Waals surface area contributed by atoms with E-state index in [4.69, 9.17) is 5.73 Å². The van der Waals surface area contributed by atoms with Crippen molar-refractivity contribution in [1.82, 2.24) is 4.90 Å². The van der Waals surface area contributed by atoms with Crippen molar-refractivity contribution in [3.63, 3.8) is 0 Å². The minimum Gasteiger partial charge on any atom is -0.330 e. The van der Waals surface area contributed by atoms with Gasteiger partial charge < -0.3 is 10.6 Å². The molecule has 1 saturated heterocycles. The molecule has 1 aliphatic carbocycles. The summed E-state index contributed by atoms with van der Waals surface area (Å²) in [6, 6.07) is 0. The second-order valence-corrected chi connectivity index (χ2v) is 7.99. The Morgan fingerprint density at radius 3 is 2.26 bits per heavy atom. The Morgan fingerprint density at radius 2 is 1.74 bits per heavy atom. The summed E-state index contributed by atoms with van der Waals surface area (Å²) in [4.78, 5) is 2.73. The van der Waals surface area contributed by atoms with E-state index in [0.717, 1.165) is 24.3 Å². The Morgan fingerprint density at radius 1 is 1.11 bits per heavy atom. The van der Waals surface area contributed by atoms with Gasteiger partial charge >= 0.3 is 0 Å². The van der Waals surface area contributed by atoms with Crippen LogP contribution in [0.2, 0.25) is 0 Å². The maximum atomic E-state index is 5.77. The normalized spacial score (nSPS) is 29.7. The topological polar surface area (TPSA) is 29.3 Å². The highest BCUT2D eigenvalue weighted by molar-refractivity contribution is 4.88. The molecule has 2 nitrogen and oxygen atoms in total. The molecule has 112 valence electrons. The molecule has 0 aromatic heterocycles. The van der Waals surface area contributed by atoms with Crippen LogP contribution >= 0.6 is 0 Å². The first-order valence-corrected chi connectivity index (χ1v) is 8.43. The van der Waals surface area contributed by atoms with Crippen LogP contribution in [0.3, 0.4) is 0 Å². The monoisotopic (exact) mass is 266 g/mol. The molecule has 1 saturated carbocycles. The summed E-state index contributed by atoms with van der Waals surface area (Å²) in [5.41, 5.74) is 6.19. The highest BCUT2D eigenvalue weighted by atomic mass is 15.2. The van der Waals surface area contributed by atoms with Crippen LogP contribution in [0.4, 0.5) is 0 Å². The van der Waals surface area contributed by atoms with Crippen molar-refractivity contribution >= 4 is 0 Å². The van der Waals surface area contributed by atoms with Crippen molar-refractivity contribution < 1.29 is 0 Å². The Labute approximate surface area is 120 Å². The molecule has 0 amide bonds. The minimum absolute atomic E-state index is 0.418. The second-order valence-electron chi connectivity index (χ2n) is 7.99. The standard InChI is InChI=1S/C17H34N2/c1-17(2,3)16(9-10-18)8-5-11-19-12-14-6-4-7-15(14)13-19/h14-16H,4-13,18H2,1-3H3. The van der Waals surface area contributed by atoms with Gasteiger partial charge in [0.25, 0.3) is 0 Å². The third-order valence-electron chi connectivity index (χ3n) is 5.57. The number of likely N-dealkylation sites (tertiary alicyclic amines) is 1. The highest BCUT2D eigenvalue weighted by Gasteiger charge is 2.35. The van der Waals surface area contributed by atoms with Gasteiger partial charge in [-0.15, -0.1) is 0 Å². The molecule has 2 aliphatic rings. The number of rotatable bonds is 6. The molecule has 2 heteroatoms. The van der Waals surface area contributed by atoms with Gasteiger partial charge in [0, 0.05) is 13.1 Å². The minimum atomic E-state index is 0.418. The number of nitrogens with zero attached hydrogens (tertiary/aromatic N) is 1. The molecular formula is C17H34N2. The fraction of sp³-hybridized carbons (Fsp3) is 1.00.